The van der Waals surface area contributed by atoms with Crippen molar-refractivity contribution in [3.63, 3.8) is 0 Å². The summed E-state index contributed by atoms with van der Waals surface area (Å²) in [6, 6.07) is 10.9. The van der Waals surface area contributed by atoms with Crippen LogP contribution in [-0.2, 0) is 13.6 Å². The highest BCUT2D eigenvalue weighted by atomic mass is 32.2. The summed E-state index contributed by atoms with van der Waals surface area (Å²) in [7, 11) is 1.94. The third-order valence-corrected chi connectivity index (χ3v) is 4.41. The fourth-order valence-electron chi connectivity index (χ4n) is 2.31. The molecule has 1 aromatic carbocycles. The van der Waals surface area contributed by atoms with Crippen LogP contribution < -0.4 is 5.32 Å². The van der Waals surface area contributed by atoms with Gasteiger partial charge in [0.05, 0.1) is 18.3 Å². The molecule has 2 aromatic rings. The first-order valence-corrected chi connectivity index (χ1v) is 7.69. The second kappa shape index (κ2) is 5.71. The Morgan fingerprint density at radius 3 is 2.90 bits per heavy atom. The Hall–Kier alpha value is -1.75. The van der Waals surface area contributed by atoms with Gasteiger partial charge in [0.1, 0.15) is 0 Å². The smallest absolute Gasteiger partial charge is 0.157 e. The maximum atomic E-state index is 4.66. The molecule has 20 heavy (non-hydrogen) atoms. The molecule has 1 fully saturated rings. The number of thioether (sulfide) groups is 1. The van der Waals surface area contributed by atoms with Crippen molar-refractivity contribution in [2.24, 2.45) is 12.0 Å². The molecule has 4 nitrogen and oxygen atoms in total. The maximum Gasteiger partial charge on any atom is 0.157 e. The number of aromatic nitrogens is 2. The van der Waals surface area contributed by atoms with Gasteiger partial charge >= 0.3 is 0 Å². The van der Waals surface area contributed by atoms with Gasteiger partial charge < -0.3 is 5.32 Å². The molecule has 1 atom stereocenters. The first kappa shape index (κ1) is 13.2. The fourth-order valence-corrected chi connectivity index (χ4v) is 3.29. The van der Waals surface area contributed by atoms with Crippen molar-refractivity contribution in [1.29, 1.82) is 0 Å². The minimum Gasteiger partial charge on any atom is -0.357 e. The summed E-state index contributed by atoms with van der Waals surface area (Å²) in [6.07, 6.45) is 2.04. The molecule has 5 heteroatoms. The van der Waals surface area contributed by atoms with Crippen LogP contribution in [0.15, 0.2) is 41.5 Å². The van der Waals surface area contributed by atoms with Gasteiger partial charge in [0.25, 0.3) is 0 Å². The predicted octanol–water partition coefficient (Wildman–Crippen LogP) is 2.66. The van der Waals surface area contributed by atoms with E-state index in [0.29, 0.717) is 12.6 Å². The van der Waals surface area contributed by atoms with Crippen LogP contribution in [0.5, 0.6) is 0 Å². The lowest BCUT2D eigenvalue weighted by Crippen LogP contribution is -2.19. The highest BCUT2D eigenvalue weighted by Gasteiger charge is 2.21. The predicted molar refractivity (Wildman–Crippen MR) is 83.9 cm³/mol. The lowest BCUT2D eigenvalue weighted by atomic mass is 10.1. The lowest BCUT2D eigenvalue weighted by molar-refractivity contribution is 0.748. The van der Waals surface area contributed by atoms with Crippen LogP contribution in [0.3, 0.4) is 0 Å². The zero-order valence-electron chi connectivity index (χ0n) is 11.7. The lowest BCUT2D eigenvalue weighted by Gasteiger charge is -2.09. The van der Waals surface area contributed by atoms with Gasteiger partial charge in [0.2, 0.25) is 0 Å². The standard InChI is InChI=1S/C15H18N4S/c1-11-13(9-19(2)18-11)8-16-15-17-14(10-20-15)12-6-4-3-5-7-12/h3-7,9,14H,8,10H2,1-2H3,(H,16,17). The number of nitrogens with zero attached hydrogens (tertiary/aromatic N) is 3. The monoisotopic (exact) mass is 286 g/mol. The van der Waals surface area contributed by atoms with Crippen LogP contribution in [0.4, 0.5) is 0 Å². The van der Waals surface area contributed by atoms with Gasteiger partial charge in [-0.05, 0) is 12.5 Å². The number of benzene rings is 1. The zero-order valence-corrected chi connectivity index (χ0v) is 12.5. The van der Waals surface area contributed by atoms with E-state index in [4.69, 9.17) is 0 Å². The van der Waals surface area contributed by atoms with Crippen LogP contribution in [0, 0.1) is 6.92 Å². The van der Waals surface area contributed by atoms with E-state index in [1.165, 1.54) is 11.1 Å². The number of rotatable bonds is 3. The average Bonchev–Trinajstić information content (AvgIpc) is 3.04. The molecular formula is C15H18N4S. The van der Waals surface area contributed by atoms with E-state index in [-0.39, 0.29) is 0 Å². The normalized spacial score (nSPS) is 20.3. The van der Waals surface area contributed by atoms with Gasteiger partial charge in [-0.25, -0.2) is 0 Å². The Balaban J connectivity index is 1.65. The van der Waals surface area contributed by atoms with Crippen molar-refractivity contribution in [2.45, 2.75) is 19.5 Å². The van der Waals surface area contributed by atoms with E-state index in [1.807, 2.05) is 30.9 Å². The Labute approximate surface area is 123 Å². The van der Waals surface area contributed by atoms with Crippen molar-refractivity contribution in [3.05, 3.63) is 53.3 Å². The van der Waals surface area contributed by atoms with Crippen molar-refractivity contribution < 1.29 is 0 Å². The molecule has 0 bridgehead atoms. The van der Waals surface area contributed by atoms with E-state index in [9.17, 15) is 0 Å². The third-order valence-electron chi connectivity index (χ3n) is 3.39. The number of aliphatic imine (C=N–C) groups is 1. The van der Waals surface area contributed by atoms with E-state index in [0.717, 1.165) is 16.6 Å². The van der Waals surface area contributed by atoms with Gasteiger partial charge in [-0.2, -0.15) is 5.10 Å². The second-order valence-corrected chi connectivity index (χ2v) is 5.96. The molecule has 2 heterocycles. The molecule has 1 aliphatic rings. The maximum absolute atomic E-state index is 4.66. The van der Waals surface area contributed by atoms with E-state index in [1.54, 1.807) is 11.8 Å². The summed E-state index contributed by atoms with van der Waals surface area (Å²) in [4.78, 5) is 4.66. The Morgan fingerprint density at radius 2 is 2.20 bits per heavy atom. The van der Waals surface area contributed by atoms with Crippen LogP contribution in [-0.4, -0.2) is 20.7 Å². The van der Waals surface area contributed by atoms with Gasteiger partial charge in [0.15, 0.2) is 5.17 Å². The number of aryl methyl sites for hydroxylation is 2. The minimum absolute atomic E-state index is 0.370. The zero-order chi connectivity index (χ0) is 13.9. The van der Waals surface area contributed by atoms with Crippen LogP contribution in [0.1, 0.15) is 22.9 Å². The van der Waals surface area contributed by atoms with E-state index < -0.39 is 0 Å². The quantitative estimate of drug-likeness (QED) is 0.943. The molecule has 0 spiro atoms. The third kappa shape index (κ3) is 2.88. The van der Waals surface area contributed by atoms with Crippen molar-refractivity contribution in [3.8, 4) is 0 Å². The highest BCUT2D eigenvalue weighted by Crippen LogP contribution is 2.26. The Kier molecular flexibility index (Phi) is 3.78. The van der Waals surface area contributed by atoms with Crippen LogP contribution in [0.2, 0.25) is 0 Å². The molecular weight excluding hydrogens is 268 g/mol. The van der Waals surface area contributed by atoms with Crippen molar-refractivity contribution >= 4 is 16.9 Å². The van der Waals surface area contributed by atoms with Gasteiger partial charge in [0, 0.05) is 24.6 Å². The number of nitrogens with one attached hydrogen (secondary N) is 1. The SMILES string of the molecule is Cc1nn(C)cc1CN=C1NC(c2ccccc2)CS1. The molecule has 3 rings (SSSR count). The second-order valence-electron chi connectivity index (χ2n) is 4.95. The molecule has 1 aliphatic heterocycles. The molecule has 104 valence electrons. The molecule has 1 N–H and O–H groups in total. The molecule has 0 saturated carbocycles. The fraction of sp³-hybridized carbons (Fsp3) is 0.333. The first-order valence-electron chi connectivity index (χ1n) is 6.70. The van der Waals surface area contributed by atoms with Gasteiger partial charge in [-0.3, -0.25) is 9.67 Å². The van der Waals surface area contributed by atoms with Crippen molar-refractivity contribution in [1.82, 2.24) is 15.1 Å². The largest absolute Gasteiger partial charge is 0.357 e. The average molecular weight is 286 g/mol. The minimum atomic E-state index is 0.370. The Bertz CT molecular complexity index is 618. The van der Waals surface area contributed by atoms with E-state index in [2.05, 4.69) is 39.7 Å². The summed E-state index contributed by atoms with van der Waals surface area (Å²) in [5.41, 5.74) is 3.56. The molecule has 0 radical (unpaired) electrons. The summed E-state index contributed by atoms with van der Waals surface area (Å²) < 4.78 is 1.84. The topological polar surface area (TPSA) is 42.2 Å². The Morgan fingerprint density at radius 1 is 1.40 bits per heavy atom. The summed E-state index contributed by atoms with van der Waals surface area (Å²) >= 11 is 1.79. The van der Waals surface area contributed by atoms with E-state index >= 15 is 0 Å². The van der Waals surface area contributed by atoms with Gasteiger partial charge in [-0.1, -0.05) is 42.1 Å². The summed E-state index contributed by atoms with van der Waals surface area (Å²) in [5.74, 6) is 1.04. The molecule has 0 aliphatic carbocycles. The molecule has 0 amide bonds. The van der Waals surface area contributed by atoms with Crippen molar-refractivity contribution in [2.75, 3.05) is 5.75 Å². The van der Waals surface area contributed by atoms with Gasteiger partial charge in [-0.15, -0.1) is 0 Å². The number of hydrogen-bond donors (Lipinski definition) is 1. The number of hydrogen-bond acceptors (Lipinski definition) is 3. The number of amidine groups is 1. The molecule has 1 unspecified atom stereocenters. The molecule has 1 aromatic heterocycles. The summed E-state index contributed by atoms with van der Waals surface area (Å²) in [5, 5.41) is 8.86. The van der Waals surface area contributed by atoms with Crippen LogP contribution >= 0.6 is 11.8 Å². The first-order chi connectivity index (χ1) is 9.72. The molecule has 1 saturated heterocycles. The van der Waals surface area contributed by atoms with Crippen LogP contribution in [0.25, 0.3) is 0 Å². The summed E-state index contributed by atoms with van der Waals surface area (Å²) in [6.45, 7) is 2.72. The highest BCUT2D eigenvalue weighted by molar-refractivity contribution is 8.14.